The Labute approximate surface area is 218 Å². The Morgan fingerprint density at radius 3 is 2.05 bits per heavy atom. The van der Waals surface area contributed by atoms with Crippen molar-refractivity contribution < 1.29 is 52.0 Å². The monoisotopic (exact) mass is 534 g/mol. The normalized spacial score (nSPS) is 22.8. The zero-order valence-corrected chi connectivity index (χ0v) is 21.9. The van der Waals surface area contributed by atoms with E-state index in [-0.39, 0.29) is 12.4 Å². The van der Waals surface area contributed by atoms with E-state index >= 15 is 0 Å². The fraction of sp³-hybridized carbons (Fsp3) is 0.500. The number of carbonyl (C=O) groups excluding carboxylic acids is 4. The Kier molecular flexibility index (Phi) is 9.10. The van der Waals surface area contributed by atoms with Gasteiger partial charge >= 0.3 is 29.5 Å². The van der Waals surface area contributed by atoms with Crippen LogP contribution in [-0.2, 0) is 49.3 Å². The van der Waals surface area contributed by atoms with Crippen molar-refractivity contribution in [3.05, 3.63) is 39.7 Å². The number of hydrogen-bond acceptors (Lipinski definition) is 12. The van der Waals surface area contributed by atoms with E-state index in [1.165, 1.54) is 13.0 Å². The zero-order valence-electron chi connectivity index (χ0n) is 21.9. The average Bonchev–Trinajstić information content (AvgIpc) is 2.82. The predicted molar refractivity (Wildman–Crippen MR) is 129 cm³/mol. The van der Waals surface area contributed by atoms with Crippen LogP contribution in [0.25, 0.3) is 11.0 Å². The van der Waals surface area contributed by atoms with E-state index in [2.05, 4.69) is 0 Å². The molecule has 0 unspecified atom stereocenters. The molecule has 38 heavy (non-hydrogen) atoms. The summed E-state index contributed by atoms with van der Waals surface area (Å²) in [5.41, 5.74) is 1.03. The van der Waals surface area contributed by atoms with Gasteiger partial charge in [-0.05, 0) is 31.0 Å². The average molecular weight is 535 g/mol. The van der Waals surface area contributed by atoms with Gasteiger partial charge in [0, 0.05) is 44.7 Å². The standard InChI is InChI=1S/C26H30O12/c1-7-17-10-21(31)38-22-12(2)19(9-8-18(17)22)36-26-25(35-16(6)30)24(34-15(5)29)23(33-14(4)28)20(37-26)11-32-13(3)27/h8-10,20,23-26H,7,11H2,1-6H3/t20-,23-,24+,25-,26-/m1/s1. The van der Waals surface area contributed by atoms with Crippen molar-refractivity contribution in [1.29, 1.82) is 0 Å². The third kappa shape index (κ3) is 6.68. The minimum absolute atomic E-state index is 0.217. The summed E-state index contributed by atoms with van der Waals surface area (Å²) in [6.45, 7) is 7.77. The summed E-state index contributed by atoms with van der Waals surface area (Å²) in [6, 6.07) is 4.76. The van der Waals surface area contributed by atoms with Crippen molar-refractivity contribution in [2.24, 2.45) is 0 Å². The molecule has 1 fully saturated rings. The number of hydrogen-bond donors (Lipinski definition) is 0. The summed E-state index contributed by atoms with van der Waals surface area (Å²) in [7, 11) is 0. The molecule has 12 heteroatoms. The van der Waals surface area contributed by atoms with Crippen molar-refractivity contribution in [3.63, 3.8) is 0 Å². The maximum atomic E-state index is 12.1. The summed E-state index contributed by atoms with van der Waals surface area (Å²) >= 11 is 0. The Hall–Kier alpha value is -3.93. The maximum absolute atomic E-state index is 12.1. The molecular weight excluding hydrogens is 504 g/mol. The molecule has 3 rings (SSSR count). The summed E-state index contributed by atoms with van der Waals surface area (Å²) in [6.07, 6.45) is -6.03. The molecule has 2 aromatic rings. The van der Waals surface area contributed by atoms with Crippen LogP contribution in [-0.4, -0.2) is 61.2 Å². The van der Waals surface area contributed by atoms with Crippen molar-refractivity contribution >= 4 is 34.8 Å². The van der Waals surface area contributed by atoms with E-state index in [1.54, 1.807) is 19.1 Å². The third-order valence-corrected chi connectivity index (χ3v) is 5.77. The number of carbonyl (C=O) groups is 4. The van der Waals surface area contributed by atoms with Gasteiger partial charge in [0.2, 0.25) is 12.4 Å². The number of ether oxygens (including phenoxy) is 6. The molecule has 12 nitrogen and oxygen atoms in total. The van der Waals surface area contributed by atoms with E-state index in [1.807, 2.05) is 6.92 Å². The van der Waals surface area contributed by atoms with E-state index in [0.29, 0.717) is 17.6 Å². The summed E-state index contributed by atoms with van der Waals surface area (Å²) in [4.78, 5) is 59.5. The molecule has 0 N–H and O–H groups in total. The molecule has 1 aliphatic heterocycles. The quantitative estimate of drug-likeness (QED) is 0.277. The lowest BCUT2D eigenvalue weighted by Crippen LogP contribution is -2.63. The molecule has 0 saturated carbocycles. The first-order valence-corrected chi connectivity index (χ1v) is 11.9. The van der Waals surface area contributed by atoms with Gasteiger partial charge in [-0.25, -0.2) is 4.79 Å². The minimum atomic E-state index is -1.41. The molecule has 0 radical (unpaired) electrons. The molecule has 0 bridgehead atoms. The predicted octanol–water partition coefficient (Wildman–Crippen LogP) is 2.13. The van der Waals surface area contributed by atoms with Crippen LogP contribution in [0.4, 0.5) is 0 Å². The van der Waals surface area contributed by atoms with Crippen LogP contribution in [0.3, 0.4) is 0 Å². The highest BCUT2D eigenvalue weighted by molar-refractivity contribution is 5.85. The molecule has 206 valence electrons. The number of aryl methyl sites for hydroxylation is 2. The van der Waals surface area contributed by atoms with Crippen molar-refractivity contribution in [2.45, 2.75) is 78.7 Å². The largest absolute Gasteiger partial charge is 0.463 e. The van der Waals surface area contributed by atoms with Crippen LogP contribution < -0.4 is 10.4 Å². The molecule has 5 atom stereocenters. The molecule has 0 aliphatic carbocycles. The van der Waals surface area contributed by atoms with Gasteiger partial charge in [0.05, 0.1) is 0 Å². The summed E-state index contributed by atoms with van der Waals surface area (Å²) in [5.74, 6) is -2.66. The minimum Gasteiger partial charge on any atom is -0.463 e. The first kappa shape index (κ1) is 28.6. The second kappa shape index (κ2) is 12.1. The molecule has 1 saturated heterocycles. The topological polar surface area (TPSA) is 154 Å². The van der Waals surface area contributed by atoms with Gasteiger partial charge < -0.3 is 32.8 Å². The lowest BCUT2D eigenvalue weighted by atomic mass is 9.98. The van der Waals surface area contributed by atoms with Crippen LogP contribution in [0.15, 0.2) is 27.4 Å². The van der Waals surface area contributed by atoms with Gasteiger partial charge in [-0.2, -0.15) is 0 Å². The van der Waals surface area contributed by atoms with E-state index < -0.39 is 60.2 Å². The number of benzene rings is 1. The van der Waals surface area contributed by atoms with Crippen molar-refractivity contribution in [3.8, 4) is 5.75 Å². The Morgan fingerprint density at radius 1 is 0.868 bits per heavy atom. The Bertz CT molecular complexity index is 1280. The van der Waals surface area contributed by atoms with E-state index in [9.17, 15) is 24.0 Å². The first-order chi connectivity index (χ1) is 17.9. The van der Waals surface area contributed by atoms with Gasteiger partial charge in [-0.1, -0.05) is 6.92 Å². The van der Waals surface area contributed by atoms with Gasteiger partial charge in [0.1, 0.15) is 24.0 Å². The highest BCUT2D eigenvalue weighted by Gasteiger charge is 2.53. The molecule has 1 aliphatic rings. The molecular formula is C26H30O12. The third-order valence-electron chi connectivity index (χ3n) is 5.77. The smallest absolute Gasteiger partial charge is 0.336 e. The highest BCUT2D eigenvalue weighted by Crippen LogP contribution is 2.34. The second-order valence-electron chi connectivity index (χ2n) is 8.70. The lowest BCUT2D eigenvalue weighted by molar-refractivity contribution is -0.288. The number of fused-ring (bicyclic) bond motifs is 1. The van der Waals surface area contributed by atoms with Gasteiger partial charge in [-0.15, -0.1) is 0 Å². The fourth-order valence-corrected chi connectivity index (χ4v) is 4.24. The maximum Gasteiger partial charge on any atom is 0.336 e. The summed E-state index contributed by atoms with van der Waals surface area (Å²) in [5, 5.41) is 0.721. The molecule has 0 spiro atoms. The van der Waals surface area contributed by atoms with Crippen LogP contribution in [0, 0.1) is 6.92 Å². The SMILES string of the molecule is CCc1cc(=O)oc2c(C)c(O[C@@H]3O[C@H](COC(C)=O)[C@@H](OC(C)=O)[C@H](OC(C)=O)[C@H]3OC(C)=O)ccc12. The second-order valence-corrected chi connectivity index (χ2v) is 8.70. The number of esters is 4. The van der Waals surface area contributed by atoms with Crippen LogP contribution in [0.5, 0.6) is 5.75 Å². The number of rotatable bonds is 8. The van der Waals surface area contributed by atoms with E-state index in [0.717, 1.165) is 31.7 Å². The molecule has 0 amide bonds. The zero-order chi connectivity index (χ0) is 28.1. The van der Waals surface area contributed by atoms with Gasteiger partial charge in [0.15, 0.2) is 12.2 Å². The van der Waals surface area contributed by atoms with Crippen molar-refractivity contribution in [1.82, 2.24) is 0 Å². The first-order valence-electron chi connectivity index (χ1n) is 11.9. The molecule has 1 aromatic carbocycles. The Balaban J connectivity index is 2.08. The van der Waals surface area contributed by atoms with Crippen LogP contribution in [0.2, 0.25) is 0 Å². The van der Waals surface area contributed by atoms with Gasteiger partial charge in [0.25, 0.3) is 0 Å². The van der Waals surface area contributed by atoms with Crippen molar-refractivity contribution in [2.75, 3.05) is 6.61 Å². The highest BCUT2D eigenvalue weighted by atomic mass is 16.7. The fourth-order valence-electron chi connectivity index (χ4n) is 4.24. The molecule has 1 aromatic heterocycles. The van der Waals surface area contributed by atoms with Gasteiger partial charge in [-0.3, -0.25) is 19.2 Å². The Morgan fingerprint density at radius 2 is 1.47 bits per heavy atom. The van der Waals surface area contributed by atoms with E-state index in [4.69, 9.17) is 32.8 Å². The van der Waals surface area contributed by atoms with Crippen LogP contribution >= 0.6 is 0 Å². The lowest BCUT2D eigenvalue weighted by Gasteiger charge is -2.44. The summed E-state index contributed by atoms with van der Waals surface area (Å²) < 4.78 is 38.8. The molecule has 2 heterocycles. The van der Waals surface area contributed by atoms with Crippen LogP contribution in [0.1, 0.15) is 45.7 Å².